The molecule has 0 radical (unpaired) electrons. The van der Waals surface area contributed by atoms with Crippen LogP contribution in [0.1, 0.15) is 23.5 Å². The van der Waals surface area contributed by atoms with E-state index >= 15 is 0 Å². The van der Waals surface area contributed by atoms with Crippen molar-refractivity contribution in [2.45, 2.75) is 24.3 Å². The number of aromatic hydroxyl groups is 1. The summed E-state index contributed by atoms with van der Waals surface area (Å²) in [6.45, 7) is 0. The third kappa shape index (κ3) is 2.00. The van der Waals surface area contributed by atoms with E-state index in [1.165, 1.54) is 5.56 Å². The van der Waals surface area contributed by atoms with Crippen LogP contribution < -0.4 is 5.73 Å². The molecule has 92 valence electrons. The monoisotopic (exact) mass is 239 g/mol. The topological polar surface area (TPSA) is 46.2 Å². The smallest absolute Gasteiger partial charge is 0.119 e. The second-order valence-corrected chi connectivity index (χ2v) is 5.21. The summed E-state index contributed by atoms with van der Waals surface area (Å²) in [5.41, 5.74) is 8.46. The van der Waals surface area contributed by atoms with Crippen LogP contribution in [0.4, 0.5) is 0 Å². The molecule has 18 heavy (non-hydrogen) atoms. The summed E-state index contributed by atoms with van der Waals surface area (Å²) in [6, 6.07) is 17.8. The highest BCUT2D eigenvalue weighted by Crippen LogP contribution is 2.53. The molecule has 2 aromatic carbocycles. The number of benzene rings is 2. The third-order valence-electron chi connectivity index (χ3n) is 3.81. The zero-order chi connectivity index (χ0) is 12.6. The summed E-state index contributed by atoms with van der Waals surface area (Å²) in [7, 11) is 0. The van der Waals surface area contributed by atoms with E-state index < -0.39 is 0 Å². The number of hydrogen-bond donors (Lipinski definition) is 2. The van der Waals surface area contributed by atoms with Crippen LogP contribution >= 0.6 is 0 Å². The predicted molar refractivity (Wildman–Crippen MR) is 72.5 cm³/mol. The minimum atomic E-state index is -0.194. The molecule has 0 amide bonds. The first-order valence-corrected chi connectivity index (χ1v) is 6.30. The van der Waals surface area contributed by atoms with Gasteiger partial charge in [-0.15, -0.1) is 0 Å². The maximum atomic E-state index is 9.86. The highest BCUT2D eigenvalue weighted by Gasteiger charge is 2.52. The highest BCUT2D eigenvalue weighted by molar-refractivity contribution is 5.43. The Hall–Kier alpha value is -1.80. The van der Waals surface area contributed by atoms with Crippen molar-refractivity contribution in [2.24, 2.45) is 5.73 Å². The molecule has 0 saturated heterocycles. The van der Waals surface area contributed by atoms with Gasteiger partial charge < -0.3 is 10.8 Å². The molecule has 2 nitrogen and oxygen atoms in total. The molecule has 0 aromatic heterocycles. The third-order valence-corrected chi connectivity index (χ3v) is 3.81. The van der Waals surface area contributed by atoms with Gasteiger partial charge in [-0.3, -0.25) is 0 Å². The van der Waals surface area contributed by atoms with Gasteiger partial charge in [0.25, 0.3) is 0 Å². The van der Waals surface area contributed by atoms with E-state index in [1.54, 1.807) is 6.07 Å². The molecular weight excluding hydrogens is 222 g/mol. The summed E-state index contributed by atoms with van der Waals surface area (Å²) in [5.74, 6) is 0.641. The second kappa shape index (κ2) is 4.14. The molecule has 2 heteroatoms. The number of para-hydroxylation sites is 1. The van der Waals surface area contributed by atoms with E-state index in [4.69, 9.17) is 5.73 Å². The van der Waals surface area contributed by atoms with Crippen LogP contribution in [0.2, 0.25) is 0 Å². The largest absolute Gasteiger partial charge is 0.508 e. The average molecular weight is 239 g/mol. The van der Waals surface area contributed by atoms with Crippen molar-refractivity contribution in [1.82, 2.24) is 0 Å². The molecule has 2 atom stereocenters. The van der Waals surface area contributed by atoms with Gasteiger partial charge in [-0.05, 0) is 30.0 Å². The van der Waals surface area contributed by atoms with Gasteiger partial charge in [-0.1, -0.05) is 48.5 Å². The highest BCUT2D eigenvalue weighted by atomic mass is 16.3. The van der Waals surface area contributed by atoms with E-state index in [9.17, 15) is 5.11 Å². The lowest BCUT2D eigenvalue weighted by Gasteiger charge is -2.12. The van der Waals surface area contributed by atoms with Crippen molar-refractivity contribution in [3.8, 4) is 5.75 Å². The SMILES string of the molecule is NC1(Cc2ccccc2)CC1c1ccccc1O. The summed E-state index contributed by atoms with van der Waals surface area (Å²) in [6.07, 6.45) is 1.81. The van der Waals surface area contributed by atoms with Gasteiger partial charge in [0.1, 0.15) is 5.75 Å². The van der Waals surface area contributed by atoms with Crippen LogP contribution in [-0.4, -0.2) is 10.6 Å². The van der Waals surface area contributed by atoms with Crippen molar-refractivity contribution in [3.05, 3.63) is 65.7 Å². The van der Waals surface area contributed by atoms with Crippen LogP contribution in [0.3, 0.4) is 0 Å². The zero-order valence-electron chi connectivity index (χ0n) is 10.2. The Morgan fingerprint density at radius 3 is 2.44 bits per heavy atom. The zero-order valence-corrected chi connectivity index (χ0v) is 10.2. The van der Waals surface area contributed by atoms with Crippen molar-refractivity contribution >= 4 is 0 Å². The predicted octanol–water partition coefficient (Wildman–Crippen LogP) is 2.82. The molecule has 3 N–H and O–H groups in total. The maximum absolute atomic E-state index is 9.86. The minimum absolute atomic E-state index is 0.194. The second-order valence-electron chi connectivity index (χ2n) is 5.21. The lowest BCUT2D eigenvalue weighted by Crippen LogP contribution is -2.27. The van der Waals surface area contributed by atoms with E-state index in [1.807, 2.05) is 36.4 Å². The van der Waals surface area contributed by atoms with Crippen molar-refractivity contribution in [2.75, 3.05) is 0 Å². The molecule has 2 unspecified atom stereocenters. The Labute approximate surface area is 107 Å². The molecule has 1 aliphatic carbocycles. The first-order valence-electron chi connectivity index (χ1n) is 6.30. The molecular formula is C16H17NO. The molecule has 0 bridgehead atoms. The van der Waals surface area contributed by atoms with E-state index in [0.29, 0.717) is 5.75 Å². The van der Waals surface area contributed by atoms with Gasteiger partial charge in [-0.25, -0.2) is 0 Å². The van der Waals surface area contributed by atoms with Gasteiger partial charge in [0.2, 0.25) is 0 Å². The first-order chi connectivity index (χ1) is 8.69. The maximum Gasteiger partial charge on any atom is 0.119 e. The Bertz CT molecular complexity index is 552. The van der Waals surface area contributed by atoms with Gasteiger partial charge in [-0.2, -0.15) is 0 Å². The molecule has 1 aliphatic rings. The van der Waals surface area contributed by atoms with Gasteiger partial charge in [0.15, 0.2) is 0 Å². The Morgan fingerprint density at radius 1 is 1.06 bits per heavy atom. The fraction of sp³-hybridized carbons (Fsp3) is 0.250. The normalized spacial score (nSPS) is 25.9. The number of hydrogen-bond acceptors (Lipinski definition) is 2. The summed E-state index contributed by atoms with van der Waals surface area (Å²) >= 11 is 0. The van der Waals surface area contributed by atoms with E-state index in [-0.39, 0.29) is 11.5 Å². The molecule has 0 heterocycles. The van der Waals surface area contributed by atoms with Gasteiger partial charge in [0.05, 0.1) is 0 Å². The summed E-state index contributed by atoms with van der Waals surface area (Å²) in [4.78, 5) is 0. The number of rotatable bonds is 3. The minimum Gasteiger partial charge on any atom is -0.508 e. The fourth-order valence-corrected chi connectivity index (χ4v) is 2.69. The Kier molecular flexibility index (Phi) is 2.60. The first kappa shape index (κ1) is 11.3. The van der Waals surface area contributed by atoms with Crippen molar-refractivity contribution in [1.29, 1.82) is 0 Å². The molecule has 0 aliphatic heterocycles. The lowest BCUT2D eigenvalue weighted by atomic mass is 9.99. The quantitative estimate of drug-likeness (QED) is 0.865. The Balaban J connectivity index is 1.78. The van der Waals surface area contributed by atoms with Gasteiger partial charge >= 0.3 is 0 Å². The van der Waals surface area contributed by atoms with Crippen molar-refractivity contribution in [3.63, 3.8) is 0 Å². The standard InChI is InChI=1S/C16H17NO/c17-16(10-12-6-2-1-3-7-12)11-14(16)13-8-4-5-9-15(13)18/h1-9,14,18H,10-11,17H2. The molecule has 0 spiro atoms. The number of phenols is 1. The molecule has 1 saturated carbocycles. The van der Waals surface area contributed by atoms with Crippen LogP contribution in [-0.2, 0) is 6.42 Å². The van der Waals surface area contributed by atoms with Crippen LogP contribution in [0.15, 0.2) is 54.6 Å². The lowest BCUT2D eigenvalue weighted by molar-refractivity contribution is 0.465. The average Bonchev–Trinajstić information content (AvgIpc) is 3.02. The molecule has 1 fully saturated rings. The van der Waals surface area contributed by atoms with Crippen LogP contribution in [0.5, 0.6) is 5.75 Å². The van der Waals surface area contributed by atoms with Crippen LogP contribution in [0, 0.1) is 0 Å². The van der Waals surface area contributed by atoms with Gasteiger partial charge in [0, 0.05) is 11.5 Å². The molecule has 2 aromatic rings. The summed E-state index contributed by atoms with van der Waals surface area (Å²) < 4.78 is 0. The number of phenolic OH excluding ortho intramolecular Hbond substituents is 1. The fourth-order valence-electron chi connectivity index (χ4n) is 2.69. The van der Waals surface area contributed by atoms with E-state index in [0.717, 1.165) is 18.4 Å². The van der Waals surface area contributed by atoms with Crippen LogP contribution in [0.25, 0.3) is 0 Å². The van der Waals surface area contributed by atoms with E-state index in [2.05, 4.69) is 12.1 Å². The van der Waals surface area contributed by atoms with Crippen molar-refractivity contribution < 1.29 is 5.11 Å². The number of nitrogens with two attached hydrogens (primary N) is 1. The Morgan fingerprint density at radius 2 is 1.72 bits per heavy atom. The molecule has 3 rings (SSSR count). The summed E-state index contributed by atoms with van der Waals surface area (Å²) in [5, 5.41) is 9.86.